The van der Waals surface area contributed by atoms with Crippen LogP contribution in [-0.2, 0) is 34.0 Å². The van der Waals surface area contributed by atoms with E-state index in [0.29, 0.717) is 32.0 Å². The largest absolute Gasteiger partial charge is 0.416 e. The Balaban J connectivity index is 1.41. The van der Waals surface area contributed by atoms with Gasteiger partial charge in [0.2, 0.25) is 15.9 Å². The molecular formula is C20H21F3N2O3S2. The summed E-state index contributed by atoms with van der Waals surface area (Å²) in [4.78, 5) is 15.7. The van der Waals surface area contributed by atoms with E-state index in [1.54, 1.807) is 11.3 Å². The Morgan fingerprint density at radius 1 is 1.10 bits per heavy atom. The average molecular weight is 459 g/mol. The molecule has 0 unspecified atom stereocenters. The summed E-state index contributed by atoms with van der Waals surface area (Å²) >= 11 is 1.70. The van der Waals surface area contributed by atoms with E-state index < -0.39 is 21.8 Å². The third kappa shape index (κ3) is 4.13. The molecule has 1 aromatic carbocycles. The Morgan fingerprint density at radius 2 is 1.83 bits per heavy atom. The highest BCUT2D eigenvalue weighted by molar-refractivity contribution is 7.89. The fourth-order valence-electron chi connectivity index (χ4n) is 4.02. The lowest BCUT2D eigenvalue weighted by atomic mass is 9.95. The number of benzene rings is 1. The van der Waals surface area contributed by atoms with Crippen LogP contribution in [0.2, 0.25) is 0 Å². The van der Waals surface area contributed by atoms with E-state index >= 15 is 0 Å². The van der Waals surface area contributed by atoms with Crippen LogP contribution in [0.5, 0.6) is 0 Å². The van der Waals surface area contributed by atoms with Crippen LogP contribution in [0.15, 0.2) is 40.6 Å². The van der Waals surface area contributed by atoms with Crippen LogP contribution in [0.4, 0.5) is 13.2 Å². The maximum atomic E-state index is 12.9. The number of hydrogen-bond acceptors (Lipinski definition) is 4. The number of hydrogen-bond donors (Lipinski definition) is 0. The summed E-state index contributed by atoms with van der Waals surface area (Å²) in [6.07, 6.45) is -3.04. The molecule has 2 aliphatic heterocycles. The van der Waals surface area contributed by atoms with Crippen molar-refractivity contribution in [3.05, 3.63) is 51.7 Å². The number of carbonyl (C=O) groups is 1. The molecule has 3 heterocycles. The second-order valence-electron chi connectivity index (χ2n) is 7.58. The van der Waals surface area contributed by atoms with Gasteiger partial charge in [0.1, 0.15) is 0 Å². The first-order valence-corrected chi connectivity index (χ1v) is 12.0. The molecule has 0 aliphatic carbocycles. The lowest BCUT2D eigenvalue weighted by Gasteiger charge is -2.35. The third-order valence-corrected chi connectivity index (χ3v) is 8.64. The van der Waals surface area contributed by atoms with Gasteiger partial charge in [-0.05, 0) is 54.5 Å². The van der Waals surface area contributed by atoms with Gasteiger partial charge in [-0.25, -0.2) is 8.42 Å². The van der Waals surface area contributed by atoms with Gasteiger partial charge in [0, 0.05) is 37.0 Å². The molecular weight excluding hydrogens is 437 g/mol. The summed E-state index contributed by atoms with van der Waals surface area (Å²) in [6.45, 7) is 1.48. The summed E-state index contributed by atoms with van der Waals surface area (Å²) in [7, 11) is -4.04. The Bertz CT molecular complexity index is 1040. The number of nitrogens with zero attached hydrogens (tertiary/aromatic N) is 2. The summed E-state index contributed by atoms with van der Waals surface area (Å²) < 4.78 is 65.6. The van der Waals surface area contributed by atoms with Crippen molar-refractivity contribution >= 4 is 27.3 Å². The number of fused-ring (bicyclic) bond motifs is 1. The smallest absolute Gasteiger partial charge is 0.338 e. The molecule has 162 valence electrons. The number of halogens is 3. The first-order valence-electron chi connectivity index (χ1n) is 9.68. The molecule has 30 heavy (non-hydrogen) atoms. The van der Waals surface area contributed by atoms with Crippen molar-refractivity contribution in [2.45, 2.75) is 36.9 Å². The zero-order chi connectivity index (χ0) is 21.5. The minimum absolute atomic E-state index is 0.0305. The molecule has 0 radical (unpaired) electrons. The number of carbonyl (C=O) groups excluding carboxylic acids is 1. The topological polar surface area (TPSA) is 57.7 Å². The summed E-state index contributed by atoms with van der Waals surface area (Å²) in [6, 6.07) is 5.82. The number of amides is 1. The van der Waals surface area contributed by atoms with Crippen LogP contribution in [0, 0.1) is 5.92 Å². The van der Waals surface area contributed by atoms with Gasteiger partial charge in [-0.15, -0.1) is 11.3 Å². The summed E-state index contributed by atoms with van der Waals surface area (Å²) in [5, 5.41) is 2.02. The number of sulfonamides is 1. The van der Waals surface area contributed by atoms with Gasteiger partial charge in [-0.3, -0.25) is 4.79 Å². The molecule has 0 N–H and O–H groups in total. The predicted molar refractivity (Wildman–Crippen MR) is 106 cm³/mol. The third-order valence-electron chi connectivity index (χ3n) is 5.72. The van der Waals surface area contributed by atoms with E-state index in [9.17, 15) is 26.4 Å². The normalized spacial score (nSPS) is 19.0. The first-order chi connectivity index (χ1) is 14.2. The molecule has 2 aromatic rings. The Morgan fingerprint density at radius 3 is 2.53 bits per heavy atom. The molecule has 1 aromatic heterocycles. The standard InChI is InChI=1S/C20H21F3N2O3S2/c21-20(22,23)16-2-1-3-17(12-16)30(27,28)25-9-4-14(5-10-25)19(26)24-8-6-18-15(13-24)7-11-29-18/h1-3,7,11-12,14H,4-6,8-10,13H2. The molecule has 1 amide bonds. The highest BCUT2D eigenvalue weighted by atomic mass is 32.2. The zero-order valence-corrected chi connectivity index (χ0v) is 17.7. The van der Waals surface area contributed by atoms with Gasteiger partial charge in [0.25, 0.3) is 0 Å². The number of alkyl halides is 3. The molecule has 1 fully saturated rings. The molecule has 0 saturated carbocycles. The zero-order valence-electron chi connectivity index (χ0n) is 16.1. The van der Waals surface area contributed by atoms with Crippen molar-refractivity contribution in [2.24, 2.45) is 5.92 Å². The van der Waals surface area contributed by atoms with Crippen molar-refractivity contribution in [1.82, 2.24) is 9.21 Å². The van der Waals surface area contributed by atoms with Crippen LogP contribution < -0.4 is 0 Å². The fraction of sp³-hybridized carbons (Fsp3) is 0.450. The van der Waals surface area contributed by atoms with Crippen LogP contribution in [0.3, 0.4) is 0 Å². The highest BCUT2D eigenvalue weighted by Crippen LogP contribution is 2.32. The molecule has 2 aliphatic rings. The Labute approximate surface area is 177 Å². The molecule has 10 heteroatoms. The lowest BCUT2D eigenvalue weighted by Crippen LogP contribution is -2.45. The average Bonchev–Trinajstić information content (AvgIpc) is 3.20. The molecule has 4 rings (SSSR count). The second-order valence-corrected chi connectivity index (χ2v) is 10.5. The molecule has 0 atom stereocenters. The summed E-state index contributed by atoms with van der Waals surface area (Å²) in [5.41, 5.74) is 0.177. The van der Waals surface area contributed by atoms with E-state index in [-0.39, 0.29) is 29.8 Å². The minimum atomic E-state index is -4.61. The fourth-order valence-corrected chi connectivity index (χ4v) is 6.43. The molecule has 0 spiro atoms. The van der Waals surface area contributed by atoms with Crippen molar-refractivity contribution in [1.29, 1.82) is 0 Å². The van der Waals surface area contributed by atoms with Gasteiger partial charge in [-0.1, -0.05) is 6.07 Å². The number of thiophene rings is 1. The number of piperidine rings is 1. The van der Waals surface area contributed by atoms with Crippen LogP contribution >= 0.6 is 11.3 Å². The van der Waals surface area contributed by atoms with E-state index in [1.165, 1.54) is 20.8 Å². The van der Waals surface area contributed by atoms with Crippen molar-refractivity contribution in [2.75, 3.05) is 19.6 Å². The van der Waals surface area contributed by atoms with Gasteiger partial charge >= 0.3 is 6.18 Å². The van der Waals surface area contributed by atoms with E-state index in [4.69, 9.17) is 0 Å². The van der Waals surface area contributed by atoms with E-state index in [1.807, 2.05) is 16.3 Å². The molecule has 5 nitrogen and oxygen atoms in total. The van der Waals surface area contributed by atoms with E-state index in [2.05, 4.69) is 0 Å². The quantitative estimate of drug-likeness (QED) is 0.704. The van der Waals surface area contributed by atoms with Crippen molar-refractivity contribution in [3.8, 4) is 0 Å². The van der Waals surface area contributed by atoms with Crippen molar-refractivity contribution in [3.63, 3.8) is 0 Å². The lowest BCUT2D eigenvalue weighted by molar-refractivity contribution is -0.138. The second kappa shape index (κ2) is 7.97. The highest BCUT2D eigenvalue weighted by Gasteiger charge is 2.36. The van der Waals surface area contributed by atoms with Gasteiger partial charge < -0.3 is 4.90 Å². The summed E-state index contributed by atoms with van der Waals surface area (Å²) in [5.74, 6) is -0.235. The Hall–Kier alpha value is -1.91. The SMILES string of the molecule is O=C(C1CCN(S(=O)(=O)c2cccc(C(F)(F)F)c2)CC1)N1CCc2sccc2C1. The van der Waals surface area contributed by atoms with Gasteiger partial charge in [0.05, 0.1) is 10.5 Å². The maximum absolute atomic E-state index is 12.9. The van der Waals surface area contributed by atoms with Gasteiger partial charge in [0.15, 0.2) is 0 Å². The van der Waals surface area contributed by atoms with E-state index in [0.717, 1.165) is 18.6 Å². The Kier molecular flexibility index (Phi) is 5.67. The van der Waals surface area contributed by atoms with Crippen LogP contribution in [0.1, 0.15) is 28.8 Å². The monoisotopic (exact) mass is 458 g/mol. The predicted octanol–water partition coefficient (Wildman–Crippen LogP) is 3.75. The van der Waals surface area contributed by atoms with Crippen LogP contribution in [-0.4, -0.2) is 43.2 Å². The minimum Gasteiger partial charge on any atom is -0.338 e. The number of rotatable bonds is 3. The molecule has 0 bridgehead atoms. The van der Waals surface area contributed by atoms with Gasteiger partial charge in [-0.2, -0.15) is 17.5 Å². The van der Waals surface area contributed by atoms with Crippen molar-refractivity contribution < 1.29 is 26.4 Å². The maximum Gasteiger partial charge on any atom is 0.416 e. The molecule has 1 saturated heterocycles. The van der Waals surface area contributed by atoms with Crippen LogP contribution in [0.25, 0.3) is 0 Å². The first kappa shape index (κ1) is 21.3.